The Kier molecular flexibility index (Phi) is 20.0. The Morgan fingerprint density at radius 3 is 1.71 bits per heavy atom. The van der Waals surface area contributed by atoms with Crippen molar-refractivity contribution < 1.29 is 32.5 Å². The van der Waals surface area contributed by atoms with Gasteiger partial charge in [0.2, 0.25) is 0 Å². The number of rotatable bonds is 23. The Bertz CT molecular complexity index is 569. The summed E-state index contributed by atoms with van der Waals surface area (Å²) in [5, 5.41) is 0. The van der Waals surface area contributed by atoms with E-state index >= 15 is 0 Å². The molecule has 0 aliphatic rings. The first kappa shape index (κ1) is 34.3. The molecular weight excluding hydrogens is 467 g/mol. The molecule has 0 aliphatic carbocycles. The molecule has 0 fully saturated rings. The third kappa shape index (κ3) is 23.5. The minimum absolute atomic E-state index is 0.0470. The molecule has 0 heterocycles. The standard InChI is InChI=1S/C26H55N2O6P/c1-7-8-9-10-11-12-13-14-15-16-17-18-19-20-21-25(34-26(29)27(2)3)24-33-35(30,31)32-23-22-28(4,5)6/h25H,7-24H2,1-6H3. The van der Waals surface area contributed by atoms with Crippen molar-refractivity contribution in [2.24, 2.45) is 0 Å². The maximum atomic E-state index is 12.1. The van der Waals surface area contributed by atoms with Crippen molar-refractivity contribution in [1.29, 1.82) is 0 Å². The van der Waals surface area contributed by atoms with Gasteiger partial charge in [0.1, 0.15) is 19.3 Å². The number of phosphoric ester groups is 1. The minimum Gasteiger partial charge on any atom is -0.756 e. The fraction of sp³-hybridized carbons (Fsp3) is 0.962. The van der Waals surface area contributed by atoms with Crippen molar-refractivity contribution in [2.75, 3.05) is 55.0 Å². The van der Waals surface area contributed by atoms with Crippen molar-refractivity contribution >= 4 is 13.9 Å². The van der Waals surface area contributed by atoms with E-state index in [9.17, 15) is 14.3 Å². The molecule has 0 saturated heterocycles. The lowest BCUT2D eigenvalue weighted by Gasteiger charge is -2.28. The van der Waals surface area contributed by atoms with Gasteiger partial charge >= 0.3 is 6.09 Å². The van der Waals surface area contributed by atoms with Gasteiger partial charge in [-0.1, -0.05) is 90.4 Å². The molecule has 0 rings (SSSR count). The maximum Gasteiger partial charge on any atom is 0.409 e. The predicted octanol–water partition coefficient (Wildman–Crippen LogP) is 6.13. The number of likely N-dealkylation sites (N-methyl/N-ethyl adjacent to an activating group) is 1. The molecule has 210 valence electrons. The highest BCUT2D eigenvalue weighted by molar-refractivity contribution is 7.45. The number of carbonyl (C=O) groups is 1. The molecule has 0 saturated carbocycles. The lowest BCUT2D eigenvalue weighted by atomic mass is 10.0. The van der Waals surface area contributed by atoms with E-state index in [-0.39, 0.29) is 13.2 Å². The van der Waals surface area contributed by atoms with Crippen LogP contribution in [-0.2, 0) is 18.3 Å². The molecule has 0 bridgehead atoms. The van der Waals surface area contributed by atoms with Crippen LogP contribution in [0, 0.1) is 0 Å². The lowest BCUT2D eigenvalue weighted by molar-refractivity contribution is -0.870. The van der Waals surface area contributed by atoms with E-state index in [0.717, 1.165) is 19.3 Å². The van der Waals surface area contributed by atoms with Gasteiger partial charge in [0.25, 0.3) is 7.82 Å². The molecule has 2 atom stereocenters. The van der Waals surface area contributed by atoms with E-state index in [1.54, 1.807) is 14.1 Å². The summed E-state index contributed by atoms with van der Waals surface area (Å²) in [4.78, 5) is 25.4. The van der Waals surface area contributed by atoms with Crippen LogP contribution in [0.25, 0.3) is 0 Å². The number of amides is 1. The molecule has 8 nitrogen and oxygen atoms in total. The highest BCUT2D eigenvalue weighted by Gasteiger charge is 2.20. The van der Waals surface area contributed by atoms with Crippen molar-refractivity contribution in [3.63, 3.8) is 0 Å². The van der Waals surface area contributed by atoms with Crippen molar-refractivity contribution in [1.82, 2.24) is 4.90 Å². The van der Waals surface area contributed by atoms with Crippen LogP contribution in [0.4, 0.5) is 4.79 Å². The predicted molar refractivity (Wildman–Crippen MR) is 141 cm³/mol. The molecule has 0 aromatic rings. The van der Waals surface area contributed by atoms with Gasteiger partial charge in [0.15, 0.2) is 0 Å². The van der Waals surface area contributed by atoms with E-state index in [1.807, 2.05) is 21.1 Å². The van der Waals surface area contributed by atoms with Gasteiger partial charge in [-0.3, -0.25) is 4.57 Å². The molecule has 0 aliphatic heterocycles. The summed E-state index contributed by atoms with van der Waals surface area (Å²) < 4.78 is 28.1. The molecule has 1 amide bonds. The van der Waals surface area contributed by atoms with Crippen LogP contribution in [0.2, 0.25) is 0 Å². The highest BCUT2D eigenvalue weighted by Crippen LogP contribution is 2.38. The highest BCUT2D eigenvalue weighted by atomic mass is 31.2. The Labute approximate surface area is 215 Å². The number of carbonyl (C=O) groups excluding carboxylic acids is 1. The number of hydrogen-bond donors (Lipinski definition) is 0. The van der Waals surface area contributed by atoms with Crippen LogP contribution in [0.15, 0.2) is 0 Å². The van der Waals surface area contributed by atoms with Crippen molar-refractivity contribution in [3.05, 3.63) is 0 Å². The van der Waals surface area contributed by atoms with Gasteiger partial charge in [0.05, 0.1) is 27.7 Å². The fourth-order valence-corrected chi connectivity index (χ4v) is 4.36. The Hall–Kier alpha value is -0.660. The molecule has 0 aromatic heterocycles. The summed E-state index contributed by atoms with van der Waals surface area (Å²) >= 11 is 0. The van der Waals surface area contributed by atoms with E-state index < -0.39 is 20.0 Å². The van der Waals surface area contributed by atoms with Crippen LogP contribution in [0.3, 0.4) is 0 Å². The van der Waals surface area contributed by atoms with Crippen LogP contribution >= 0.6 is 7.82 Å². The maximum absolute atomic E-state index is 12.1. The second-order valence-electron chi connectivity index (χ2n) is 10.9. The van der Waals surface area contributed by atoms with E-state index in [0.29, 0.717) is 17.4 Å². The monoisotopic (exact) mass is 522 g/mol. The first-order valence-electron chi connectivity index (χ1n) is 13.8. The van der Waals surface area contributed by atoms with E-state index in [1.165, 1.54) is 75.5 Å². The number of phosphoric acid groups is 1. The molecule has 35 heavy (non-hydrogen) atoms. The normalized spacial score (nSPS) is 14.5. The molecule has 9 heteroatoms. The molecule has 0 aromatic carbocycles. The van der Waals surface area contributed by atoms with Gasteiger partial charge in [-0.25, -0.2) is 4.79 Å². The largest absolute Gasteiger partial charge is 0.756 e. The van der Waals surface area contributed by atoms with Crippen molar-refractivity contribution in [2.45, 2.75) is 109 Å². The summed E-state index contributed by atoms with van der Waals surface area (Å²) in [6, 6.07) is 0. The summed E-state index contributed by atoms with van der Waals surface area (Å²) in [6.07, 6.45) is 17.2. The minimum atomic E-state index is -4.44. The van der Waals surface area contributed by atoms with Crippen LogP contribution in [0.1, 0.15) is 103 Å². The second-order valence-corrected chi connectivity index (χ2v) is 12.3. The first-order valence-corrected chi connectivity index (χ1v) is 15.2. The number of quaternary nitrogens is 1. The Morgan fingerprint density at radius 2 is 1.29 bits per heavy atom. The molecule has 0 N–H and O–H groups in total. The number of unbranched alkanes of at least 4 members (excludes halogenated alkanes) is 13. The Morgan fingerprint density at radius 1 is 0.829 bits per heavy atom. The molecule has 2 unspecified atom stereocenters. The zero-order chi connectivity index (χ0) is 26.6. The fourth-order valence-electron chi connectivity index (χ4n) is 3.63. The number of ether oxygens (including phenoxy) is 1. The number of nitrogens with zero attached hydrogens (tertiary/aromatic N) is 2. The summed E-state index contributed by atoms with van der Waals surface area (Å²) in [7, 11) is 4.61. The summed E-state index contributed by atoms with van der Waals surface area (Å²) in [5.74, 6) is 0. The average molecular weight is 523 g/mol. The van der Waals surface area contributed by atoms with Crippen LogP contribution in [0.5, 0.6) is 0 Å². The zero-order valence-electron chi connectivity index (χ0n) is 23.6. The van der Waals surface area contributed by atoms with Crippen LogP contribution < -0.4 is 4.89 Å². The zero-order valence-corrected chi connectivity index (χ0v) is 24.5. The Balaban J connectivity index is 4.07. The quantitative estimate of drug-likeness (QED) is 0.0911. The summed E-state index contributed by atoms with van der Waals surface area (Å²) in [6.45, 7) is 2.62. The third-order valence-electron chi connectivity index (χ3n) is 5.94. The van der Waals surface area contributed by atoms with Gasteiger partial charge in [-0.05, 0) is 12.8 Å². The smallest absolute Gasteiger partial charge is 0.409 e. The van der Waals surface area contributed by atoms with E-state index in [4.69, 9.17) is 13.8 Å². The van der Waals surface area contributed by atoms with E-state index in [2.05, 4.69) is 6.92 Å². The second kappa shape index (κ2) is 20.4. The van der Waals surface area contributed by atoms with Gasteiger partial charge in [-0.15, -0.1) is 0 Å². The first-order chi connectivity index (χ1) is 16.5. The SMILES string of the molecule is CCCCCCCCCCCCCCCCC(COP(=O)([O-])OCC[N+](C)(C)C)OC(=O)N(C)C. The number of hydrogen-bond acceptors (Lipinski definition) is 6. The molecule has 0 radical (unpaired) electrons. The summed E-state index contributed by atoms with van der Waals surface area (Å²) in [5.41, 5.74) is 0. The third-order valence-corrected chi connectivity index (χ3v) is 6.91. The average Bonchev–Trinajstić information content (AvgIpc) is 2.76. The van der Waals surface area contributed by atoms with Gasteiger partial charge in [0, 0.05) is 14.1 Å². The lowest BCUT2D eigenvalue weighted by Crippen LogP contribution is -2.37. The van der Waals surface area contributed by atoms with Crippen LogP contribution in [-0.4, -0.2) is 76.6 Å². The van der Waals surface area contributed by atoms with Crippen molar-refractivity contribution in [3.8, 4) is 0 Å². The molecular formula is C26H55N2O6P. The topological polar surface area (TPSA) is 88.1 Å². The van der Waals surface area contributed by atoms with Gasteiger partial charge < -0.3 is 28.1 Å². The molecule has 0 spiro atoms. The van der Waals surface area contributed by atoms with Gasteiger partial charge in [-0.2, -0.15) is 0 Å².